The van der Waals surface area contributed by atoms with Crippen molar-refractivity contribution in [3.8, 4) is 0 Å². The van der Waals surface area contributed by atoms with Crippen LogP contribution in [0.2, 0.25) is 0 Å². The average Bonchev–Trinajstić information content (AvgIpc) is 3.39. The second kappa shape index (κ2) is 8.10. The van der Waals surface area contributed by atoms with Crippen LogP contribution in [0.1, 0.15) is 93.0 Å². The Morgan fingerprint density at radius 3 is 2.50 bits per heavy atom. The summed E-state index contributed by atoms with van der Waals surface area (Å²) in [4.78, 5) is 39.3. The molecule has 1 aromatic heterocycles. The minimum Gasteiger partial charge on any atom is -0.345 e. The molecule has 154 valence electrons. The third kappa shape index (κ3) is 4.01. The molecule has 28 heavy (non-hydrogen) atoms. The van der Waals surface area contributed by atoms with E-state index in [1.165, 1.54) is 12.8 Å². The van der Waals surface area contributed by atoms with Gasteiger partial charge in [0.15, 0.2) is 5.78 Å². The van der Waals surface area contributed by atoms with Crippen molar-refractivity contribution in [2.24, 2.45) is 0 Å². The highest BCUT2D eigenvalue weighted by Crippen LogP contribution is 2.38. The van der Waals surface area contributed by atoms with Gasteiger partial charge in [-0.3, -0.25) is 14.5 Å². The van der Waals surface area contributed by atoms with Crippen molar-refractivity contribution in [1.29, 1.82) is 0 Å². The molecule has 1 saturated carbocycles. The predicted octanol–water partition coefficient (Wildman–Crippen LogP) is 4.29. The van der Waals surface area contributed by atoms with Crippen LogP contribution in [0.4, 0.5) is 4.79 Å². The second-order valence-corrected chi connectivity index (χ2v) is 8.63. The van der Waals surface area contributed by atoms with E-state index in [0.29, 0.717) is 18.0 Å². The first-order valence-electron chi connectivity index (χ1n) is 10.6. The van der Waals surface area contributed by atoms with Gasteiger partial charge >= 0.3 is 6.03 Å². The van der Waals surface area contributed by atoms with Gasteiger partial charge in [0.25, 0.3) is 5.91 Å². The number of aryl methyl sites for hydroxylation is 1. The van der Waals surface area contributed by atoms with Gasteiger partial charge in [-0.05, 0) is 46.1 Å². The van der Waals surface area contributed by atoms with E-state index < -0.39 is 11.6 Å². The Balaban J connectivity index is 1.64. The number of ketones is 1. The number of unbranched alkanes of at least 4 members (excludes halogenated alkanes) is 4. The summed E-state index contributed by atoms with van der Waals surface area (Å²) in [5, 5.41) is 2.82. The van der Waals surface area contributed by atoms with E-state index >= 15 is 0 Å². The third-order valence-electron chi connectivity index (χ3n) is 6.12. The number of hydrogen-bond acceptors (Lipinski definition) is 3. The maximum atomic E-state index is 12.9. The Hall–Kier alpha value is -2.11. The highest BCUT2D eigenvalue weighted by atomic mass is 16.2. The lowest BCUT2D eigenvalue weighted by Crippen LogP contribution is -2.44. The molecule has 2 fully saturated rings. The maximum absolute atomic E-state index is 12.9. The number of Topliss-reactive ketones (excluding diaryl/α,β-unsaturated/α-hetero) is 1. The fraction of sp³-hybridized carbons (Fsp3) is 0.682. The van der Waals surface area contributed by atoms with Gasteiger partial charge in [0.2, 0.25) is 0 Å². The van der Waals surface area contributed by atoms with Crippen LogP contribution < -0.4 is 5.32 Å². The first-order valence-corrected chi connectivity index (χ1v) is 10.6. The quantitative estimate of drug-likeness (QED) is 0.370. The lowest BCUT2D eigenvalue weighted by Gasteiger charge is -2.21. The van der Waals surface area contributed by atoms with Crippen LogP contribution in [0.5, 0.6) is 0 Å². The fourth-order valence-electron chi connectivity index (χ4n) is 4.32. The van der Waals surface area contributed by atoms with Gasteiger partial charge < -0.3 is 9.88 Å². The molecular weight excluding hydrogens is 354 g/mol. The van der Waals surface area contributed by atoms with Crippen LogP contribution in [0.15, 0.2) is 6.07 Å². The first kappa shape index (κ1) is 20.6. The summed E-state index contributed by atoms with van der Waals surface area (Å²) in [6.07, 6.45) is 8.36. The summed E-state index contributed by atoms with van der Waals surface area (Å²) in [6.45, 7) is 7.71. The topological polar surface area (TPSA) is 71.4 Å². The number of amides is 3. The Morgan fingerprint density at radius 1 is 1.18 bits per heavy atom. The maximum Gasteiger partial charge on any atom is 0.325 e. The van der Waals surface area contributed by atoms with Crippen molar-refractivity contribution in [2.45, 2.75) is 90.6 Å². The highest BCUT2D eigenvalue weighted by Gasteiger charge is 2.47. The summed E-state index contributed by atoms with van der Waals surface area (Å²) in [5.74, 6) is -0.451. The molecule has 0 spiro atoms. The van der Waals surface area contributed by atoms with Crippen LogP contribution in [0, 0.1) is 13.8 Å². The number of urea groups is 1. The molecule has 6 heteroatoms. The molecule has 3 rings (SSSR count). The molecule has 0 radical (unpaired) electrons. The number of carbonyl (C=O) groups is 3. The van der Waals surface area contributed by atoms with Gasteiger partial charge in [0, 0.05) is 23.0 Å². The molecule has 1 aliphatic heterocycles. The smallest absolute Gasteiger partial charge is 0.325 e. The van der Waals surface area contributed by atoms with Crippen LogP contribution >= 0.6 is 0 Å². The minimum absolute atomic E-state index is 0.171. The molecule has 0 aromatic carbocycles. The summed E-state index contributed by atoms with van der Waals surface area (Å²) >= 11 is 0. The molecule has 6 nitrogen and oxygen atoms in total. The Kier molecular flexibility index (Phi) is 5.96. The Bertz CT molecular complexity index is 778. The largest absolute Gasteiger partial charge is 0.345 e. The lowest BCUT2D eigenvalue weighted by atomic mass is 9.94. The SMILES string of the molecule is CCCCCCCC1(C)NC(=O)N(CC(=O)c2cc(C)n(C3CC3)c2C)C1=O. The molecule has 1 N–H and O–H groups in total. The number of aromatic nitrogens is 1. The zero-order chi connectivity index (χ0) is 20.5. The van der Waals surface area contributed by atoms with E-state index in [1.807, 2.05) is 19.9 Å². The predicted molar refractivity (Wildman–Crippen MR) is 109 cm³/mol. The normalized spacial score (nSPS) is 22.1. The van der Waals surface area contributed by atoms with Gasteiger partial charge in [-0.25, -0.2) is 4.79 Å². The van der Waals surface area contributed by atoms with Crippen molar-refractivity contribution >= 4 is 17.7 Å². The summed E-state index contributed by atoms with van der Waals surface area (Å²) in [7, 11) is 0. The van der Waals surface area contributed by atoms with Gasteiger partial charge in [-0.15, -0.1) is 0 Å². The molecule has 1 aliphatic carbocycles. The second-order valence-electron chi connectivity index (χ2n) is 8.63. The number of nitrogens with one attached hydrogen (secondary N) is 1. The highest BCUT2D eigenvalue weighted by molar-refractivity contribution is 6.11. The first-order chi connectivity index (χ1) is 13.3. The van der Waals surface area contributed by atoms with Gasteiger partial charge in [-0.1, -0.05) is 39.0 Å². The molecule has 0 bridgehead atoms. The van der Waals surface area contributed by atoms with Crippen LogP contribution in [-0.2, 0) is 4.79 Å². The summed E-state index contributed by atoms with van der Waals surface area (Å²) < 4.78 is 2.21. The third-order valence-corrected chi connectivity index (χ3v) is 6.12. The lowest BCUT2D eigenvalue weighted by molar-refractivity contribution is -0.130. The number of hydrogen-bond donors (Lipinski definition) is 1. The van der Waals surface area contributed by atoms with Crippen molar-refractivity contribution in [3.63, 3.8) is 0 Å². The monoisotopic (exact) mass is 387 g/mol. The number of carbonyl (C=O) groups excluding carboxylic acids is 3. The van der Waals surface area contributed by atoms with Crippen LogP contribution in [0.25, 0.3) is 0 Å². The molecule has 2 heterocycles. The van der Waals surface area contributed by atoms with Crippen LogP contribution in [-0.4, -0.2) is 39.3 Å². The van der Waals surface area contributed by atoms with Gasteiger partial charge in [-0.2, -0.15) is 0 Å². The van der Waals surface area contributed by atoms with Crippen molar-refractivity contribution in [1.82, 2.24) is 14.8 Å². The van der Waals surface area contributed by atoms with E-state index in [-0.39, 0.29) is 18.2 Å². The minimum atomic E-state index is -0.894. The Morgan fingerprint density at radius 2 is 1.86 bits per heavy atom. The van der Waals surface area contributed by atoms with Gasteiger partial charge in [0.1, 0.15) is 5.54 Å². The number of rotatable bonds is 10. The molecule has 1 unspecified atom stereocenters. The van der Waals surface area contributed by atoms with Crippen molar-refractivity contribution in [3.05, 3.63) is 23.0 Å². The zero-order valence-electron chi connectivity index (χ0n) is 17.6. The molecule has 2 aliphatic rings. The van der Waals surface area contributed by atoms with E-state index in [9.17, 15) is 14.4 Å². The average molecular weight is 388 g/mol. The summed E-state index contributed by atoms with van der Waals surface area (Å²) in [5.41, 5.74) is 1.74. The molecular formula is C22H33N3O3. The zero-order valence-corrected chi connectivity index (χ0v) is 17.6. The van der Waals surface area contributed by atoms with Crippen LogP contribution in [0.3, 0.4) is 0 Å². The van der Waals surface area contributed by atoms with Gasteiger partial charge in [0.05, 0.1) is 6.54 Å². The van der Waals surface area contributed by atoms with E-state index in [1.54, 1.807) is 6.92 Å². The van der Waals surface area contributed by atoms with E-state index in [4.69, 9.17) is 0 Å². The molecule has 1 aromatic rings. The Labute approximate surface area is 167 Å². The number of imide groups is 1. The molecule has 1 saturated heterocycles. The standard InChI is InChI=1S/C22H33N3O3/c1-5-6-7-8-9-12-22(4)20(27)24(21(28)23-22)14-19(26)18-13-15(2)25(16(18)3)17-10-11-17/h13,17H,5-12,14H2,1-4H3,(H,23,28). The van der Waals surface area contributed by atoms with Crippen molar-refractivity contribution < 1.29 is 14.4 Å². The van der Waals surface area contributed by atoms with Crippen molar-refractivity contribution in [2.75, 3.05) is 6.54 Å². The summed E-state index contributed by atoms with van der Waals surface area (Å²) in [6, 6.07) is 1.93. The molecule has 3 amide bonds. The van der Waals surface area contributed by atoms with E-state index in [2.05, 4.69) is 16.8 Å². The fourth-order valence-corrected chi connectivity index (χ4v) is 4.32. The number of nitrogens with zero attached hydrogens (tertiary/aromatic N) is 2. The van der Waals surface area contributed by atoms with E-state index in [0.717, 1.165) is 48.4 Å². The molecule has 1 atom stereocenters.